The first-order valence-corrected chi connectivity index (χ1v) is 7.42. The van der Waals surface area contributed by atoms with Crippen LogP contribution in [0.15, 0.2) is 30.5 Å². The average Bonchev–Trinajstić information content (AvgIpc) is 2.91. The summed E-state index contributed by atoms with van der Waals surface area (Å²) in [6.45, 7) is 7.92. The Morgan fingerprint density at radius 1 is 1.13 bits per heavy atom. The molecule has 0 fully saturated rings. The van der Waals surface area contributed by atoms with E-state index in [9.17, 15) is 18.3 Å². The highest BCUT2D eigenvalue weighted by Gasteiger charge is 2.30. The van der Waals surface area contributed by atoms with Gasteiger partial charge < -0.3 is 5.11 Å². The monoisotopic (exact) mass is 326 g/mol. The van der Waals surface area contributed by atoms with E-state index in [0.717, 1.165) is 23.4 Å². The van der Waals surface area contributed by atoms with Gasteiger partial charge in [0.15, 0.2) is 0 Å². The fourth-order valence-corrected chi connectivity index (χ4v) is 2.36. The predicted molar refractivity (Wildman–Crippen MR) is 82.8 cm³/mol. The Bertz CT molecular complexity index is 667. The van der Waals surface area contributed by atoms with Gasteiger partial charge in [-0.15, -0.1) is 0 Å². The van der Waals surface area contributed by atoms with E-state index < -0.39 is 11.7 Å². The summed E-state index contributed by atoms with van der Waals surface area (Å²) in [6.07, 6.45) is -2.57. The van der Waals surface area contributed by atoms with Crippen molar-refractivity contribution in [2.45, 2.75) is 45.2 Å². The Hall–Kier alpha value is -1.82. The van der Waals surface area contributed by atoms with Crippen molar-refractivity contribution in [2.75, 3.05) is 6.61 Å². The highest BCUT2D eigenvalue weighted by molar-refractivity contribution is 5.38. The molecule has 0 spiro atoms. The fraction of sp³-hybridized carbons (Fsp3) is 0.471. The van der Waals surface area contributed by atoms with Crippen LogP contribution >= 0.6 is 0 Å². The average molecular weight is 326 g/mol. The first-order valence-electron chi connectivity index (χ1n) is 7.42. The zero-order valence-corrected chi connectivity index (χ0v) is 13.6. The molecule has 126 valence electrons. The summed E-state index contributed by atoms with van der Waals surface area (Å²) < 4.78 is 39.5. The summed E-state index contributed by atoms with van der Waals surface area (Å²) in [4.78, 5) is 0. The van der Waals surface area contributed by atoms with Gasteiger partial charge in [0.05, 0.1) is 16.9 Å². The van der Waals surface area contributed by atoms with Crippen LogP contribution in [0.25, 0.3) is 5.69 Å². The van der Waals surface area contributed by atoms with Gasteiger partial charge in [-0.1, -0.05) is 27.7 Å². The van der Waals surface area contributed by atoms with Gasteiger partial charge in [0.2, 0.25) is 0 Å². The minimum atomic E-state index is -4.35. The second-order valence-electron chi connectivity index (χ2n) is 6.76. The van der Waals surface area contributed by atoms with Crippen molar-refractivity contribution < 1.29 is 18.3 Å². The van der Waals surface area contributed by atoms with Gasteiger partial charge in [0.25, 0.3) is 0 Å². The molecule has 0 aliphatic heterocycles. The molecule has 0 radical (unpaired) electrons. The van der Waals surface area contributed by atoms with Crippen molar-refractivity contribution >= 4 is 0 Å². The molecular formula is C17H21F3N2O. The maximum atomic E-state index is 12.6. The van der Waals surface area contributed by atoms with Gasteiger partial charge in [-0.2, -0.15) is 18.3 Å². The molecule has 2 aromatic rings. The molecular weight excluding hydrogens is 305 g/mol. The van der Waals surface area contributed by atoms with Crippen LogP contribution in [0.3, 0.4) is 0 Å². The molecule has 1 unspecified atom stereocenters. The maximum Gasteiger partial charge on any atom is 0.416 e. The van der Waals surface area contributed by atoms with E-state index in [2.05, 4.69) is 5.10 Å². The molecule has 1 aromatic carbocycles. The Morgan fingerprint density at radius 3 is 2.13 bits per heavy atom. The Balaban J connectivity index is 2.46. The van der Waals surface area contributed by atoms with Crippen molar-refractivity contribution in [3.8, 4) is 5.69 Å². The Kier molecular flexibility index (Phi) is 4.57. The molecule has 1 heterocycles. The molecule has 1 N–H and O–H groups in total. The number of rotatable bonds is 3. The van der Waals surface area contributed by atoms with E-state index >= 15 is 0 Å². The van der Waals surface area contributed by atoms with Crippen LogP contribution < -0.4 is 0 Å². The summed E-state index contributed by atoms with van der Waals surface area (Å²) in [5, 5.41) is 14.0. The van der Waals surface area contributed by atoms with Crippen LogP contribution in [0, 0.1) is 0 Å². The van der Waals surface area contributed by atoms with Crippen LogP contribution in [0.5, 0.6) is 0 Å². The molecule has 0 aliphatic rings. The molecule has 2 rings (SSSR count). The third-order valence-electron chi connectivity index (χ3n) is 3.72. The molecule has 0 saturated carbocycles. The number of aliphatic hydroxyl groups excluding tert-OH is 1. The molecule has 0 bridgehead atoms. The van der Waals surface area contributed by atoms with Crippen molar-refractivity contribution in [1.82, 2.24) is 9.78 Å². The zero-order valence-electron chi connectivity index (χ0n) is 13.6. The SMILES string of the molecule is CC(CO)c1cn(-c2ccc(C(F)(F)F)cc2)nc1C(C)(C)C. The van der Waals surface area contributed by atoms with Crippen molar-refractivity contribution in [2.24, 2.45) is 0 Å². The normalized spacial score (nSPS) is 14.1. The largest absolute Gasteiger partial charge is 0.416 e. The lowest BCUT2D eigenvalue weighted by Crippen LogP contribution is -2.16. The highest BCUT2D eigenvalue weighted by Crippen LogP contribution is 2.32. The Labute approximate surface area is 133 Å². The van der Waals surface area contributed by atoms with Gasteiger partial charge in [-0.05, 0) is 29.8 Å². The van der Waals surface area contributed by atoms with E-state index in [1.165, 1.54) is 12.1 Å². The Morgan fingerprint density at radius 2 is 1.70 bits per heavy atom. The number of hydrogen-bond donors (Lipinski definition) is 1. The lowest BCUT2D eigenvalue weighted by molar-refractivity contribution is -0.137. The van der Waals surface area contributed by atoms with Crippen molar-refractivity contribution in [3.05, 3.63) is 47.3 Å². The van der Waals surface area contributed by atoms with Gasteiger partial charge in [0.1, 0.15) is 0 Å². The number of hydrogen-bond acceptors (Lipinski definition) is 2. The summed E-state index contributed by atoms with van der Waals surface area (Å²) in [7, 11) is 0. The van der Waals surface area contributed by atoms with Crippen LogP contribution in [-0.4, -0.2) is 21.5 Å². The fourth-order valence-electron chi connectivity index (χ4n) is 2.36. The van der Waals surface area contributed by atoms with Gasteiger partial charge in [-0.3, -0.25) is 0 Å². The van der Waals surface area contributed by atoms with Gasteiger partial charge in [0, 0.05) is 24.1 Å². The molecule has 0 amide bonds. The van der Waals surface area contributed by atoms with Crippen LogP contribution in [0.2, 0.25) is 0 Å². The smallest absolute Gasteiger partial charge is 0.396 e. The summed E-state index contributed by atoms with van der Waals surface area (Å²) in [5.41, 5.74) is 1.38. The van der Waals surface area contributed by atoms with E-state index in [1.54, 1.807) is 10.9 Å². The van der Waals surface area contributed by atoms with Crippen LogP contribution in [0.1, 0.15) is 50.4 Å². The standard InChI is InChI=1S/C17H21F3N2O/c1-11(10-23)14-9-22(21-15(14)16(2,3)4)13-7-5-12(6-8-13)17(18,19)20/h5-9,11,23H,10H2,1-4H3. The number of alkyl halides is 3. The highest BCUT2D eigenvalue weighted by atomic mass is 19.4. The topological polar surface area (TPSA) is 38.0 Å². The quantitative estimate of drug-likeness (QED) is 0.914. The van der Waals surface area contributed by atoms with Crippen LogP contribution in [0.4, 0.5) is 13.2 Å². The second kappa shape index (κ2) is 6.00. The first-order chi connectivity index (χ1) is 10.5. The van der Waals surface area contributed by atoms with Crippen LogP contribution in [-0.2, 0) is 11.6 Å². The van der Waals surface area contributed by atoms with E-state index in [1.807, 2.05) is 27.7 Å². The van der Waals surface area contributed by atoms with Crippen molar-refractivity contribution in [1.29, 1.82) is 0 Å². The molecule has 3 nitrogen and oxygen atoms in total. The third kappa shape index (κ3) is 3.75. The minimum Gasteiger partial charge on any atom is -0.396 e. The minimum absolute atomic E-state index is 0.0121. The number of aliphatic hydroxyl groups is 1. The number of aromatic nitrogens is 2. The first kappa shape index (κ1) is 17.5. The summed E-state index contributed by atoms with van der Waals surface area (Å²) in [5.74, 6) is -0.0903. The molecule has 1 aromatic heterocycles. The molecule has 6 heteroatoms. The lowest BCUT2D eigenvalue weighted by atomic mass is 9.86. The number of nitrogens with zero attached hydrogens (tertiary/aromatic N) is 2. The maximum absolute atomic E-state index is 12.6. The van der Waals surface area contributed by atoms with Crippen molar-refractivity contribution in [3.63, 3.8) is 0 Å². The summed E-state index contributed by atoms with van der Waals surface area (Å²) >= 11 is 0. The second-order valence-corrected chi connectivity index (χ2v) is 6.76. The van der Waals surface area contributed by atoms with E-state index in [4.69, 9.17) is 0 Å². The molecule has 0 saturated heterocycles. The predicted octanol–water partition coefficient (Wildman–Crippen LogP) is 4.28. The van der Waals surface area contributed by atoms with Gasteiger partial charge >= 0.3 is 6.18 Å². The summed E-state index contributed by atoms with van der Waals surface area (Å²) in [6, 6.07) is 4.89. The van der Waals surface area contributed by atoms with E-state index in [0.29, 0.717) is 5.69 Å². The third-order valence-corrected chi connectivity index (χ3v) is 3.72. The molecule has 1 atom stereocenters. The molecule has 23 heavy (non-hydrogen) atoms. The number of benzene rings is 1. The number of halogens is 3. The molecule has 0 aliphatic carbocycles. The zero-order chi connectivity index (χ0) is 17.4. The van der Waals surface area contributed by atoms with Gasteiger partial charge in [-0.25, -0.2) is 4.68 Å². The lowest BCUT2D eigenvalue weighted by Gasteiger charge is -2.19. The van der Waals surface area contributed by atoms with E-state index in [-0.39, 0.29) is 17.9 Å².